The molecule has 232 valence electrons. The van der Waals surface area contributed by atoms with Crippen LogP contribution in [0.5, 0.6) is 5.75 Å². The first kappa shape index (κ1) is 32.7. The minimum Gasteiger partial charge on any atom is -0.452 e. The minimum absolute atomic E-state index is 0.0203. The Morgan fingerprint density at radius 1 is 0.976 bits per heavy atom. The number of ether oxygens (including phenoxy) is 3. The number of alkyl halides is 9. The van der Waals surface area contributed by atoms with Crippen molar-refractivity contribution < 1.29 is 63.3 Å². The fourth-order valence-corrected chi connectivity index (χ4v) is 4.38. The van der Waals surface area contributed by atoms with Crippen LogP contribution in [0.15, 0.2) is 36.4 Å². The molecule has 0 aliphatic carbocycles. The van der Waals surface area contributed by atoms with Crippen molar-refractivity contribution >= 4 is 17.9 Å². The van der Waals surface area contributed by atoms with Crippen LogP contribution in [0.2, 0.25) is 0 Å². The van der Waals surface area contributed by atoms with E-state index in [-0.39, 0.29) is 29.8 Å². The SMILES string of the molecule is COC(=O)N(CC(C)C)c1ccc(OC(F)(F)F)cc1CN1C(=O)OC(c2cc(C(F)(F)F)cc(C(F)(F)F)c2)C1C. The first-order chi connectivity index (χ1) is 19.2. The molecule has 42 heavy (non-hydrogen) atoms. The number of cyclic esters (lactones) is 1. The van der Waals surface area contributed by atoms with Gasteiger partial charge in [0, 0.05) is 6.54 Å². The molecule has 0 aromatic heterocycles. The summed E-state index contributed by atoms with van der Waals surface area (Å²) in [5.74, 6) is -0.869. The fourth-order valence-electron chi connectivity index (χ4n) is 4.38. The molecule has 2 aromatic carbocycles. The number of carbonyl (C=O) groups excluding carboxylic acids is 2. The summed E-state index contributed by atoms with van der Waals surface area (Å²) in [6.07, 6.45) is -19.0. The predicted molar refractivity (Wildman–Crippen MR) is 128 cm³/mol. The zero-order valence-corrected chi connectivity index (χ0v) is 22.4. The number of benzene rings is 2. The number of rotatable bonds is 7. The topological polar surface area (TPSA) is 68.3 Å². The first-order valence-electron chi connectivity index (χ1n) is 12.2. The van der Waals surface area contributed by atoms with Crippen LogP contribution in [-0.2, 0) is 28.4 Å². The predicted octanol–water partition coefficient (Wildman–Crippen LogP) is 7.93. The normalized spacial score (nSPS) is 17.9. The average molecular weight is 616 g/mol. The van der Waals surface area contributed by atoms with E-state index in [1.807, 2.05) is 0 Å². The molecule has 7 nitrogen and oxygen atoms in total. The molecule has 1 aliphatic rings. The van der Waals surface area contributed by atoms with Gasteiger partial charge in [0.1, 0.15) is 11.9 Å². The lowest BCUT2D eigenvalue weighted by atomic mass is 9.97. The molecule has 1 heterocycles. The molecule has 2 aromatic rings. The van der Waals surface area contributed by atoms with Crippen LogP contribution in [0, 0.1) is 5.92 Å². The van der Waals surface area contributed by atoms with E-state index in [2.05, 4.69) is 4.74 Å². The van der Waals surface area contributed by atoms with E-state index in [0.29, 0.717) is 12.1 Å². The highest BCUT2D eigenvalue weighted by atomic mass is 19.4. The molecule has 1 aliphatic heterocycles. The molecule has 16 heteroatoms. The van der Waals surface area contributed by atoms with Crippen molar-refractivity contribution in [2.45, 2.75) is 58.2 Å². The summed E-state index contributed by atoms with van der Waals surface area (Å²) in [5, 5.41) is 0. The number of hydrogen-bond donors (Lipinski definition) is 0. The largest absolute Gasteiger partial charge is 0.573 e. The van der Waals surface area contributed by atoms with Crippen molar-refractivity contribution in [2.75, 3.05) is 18.6 Å². The fraction of sp³-hybridized carbons (Fsp3) is 0.462. The standard InChI is InChI=1S/C26H25F9N2O5/c1-13(2)11-37(22(38)40-4)20-6-5-19(42-26(33,34)35)9-16(20)12-36-14(3)21(41-23(36)39)15-7-17(24(27,28)29)10-18(8-15)25(30,31)32/h5-10,13-14,21H,11-12H2,1-4H3. The van der Waals surface area contributed by atoms with Crippen molar-refractivity contribution in [1.82, 2.24) is 4.90 Å². The third kappa shape index (κ3) is 7.70. The van der Waals surface area contributed by atoms with Crippen molar-refractivity contribution in [2.24, 2.45) is 5.92 Å². The molecule has 2 unspecified atom stereocenters. The number of halogens is 9. The van der Waals surface area contributed by atoms with Crippen LogP contribution >= 0.6 is 0 Å². The molecule has 2 atom stereocenters. The van der Waals surface area contributed by atoms with Gasteiger partial charge < -0.3 is 14.2 Å². The summed E-state index contributed by atoms with van der Waals surface area (Å²) in [6.45, 7) is 4.24. The maximum atomic E-state index is 13.4. The number of hydrogen-bond acceptors (Lipinski definition) is 5. The van der Waals surface area contributed by atoms with E-state index in [1.165, 1.54) is 6.92 Å². The Balaban J connectivity index is 2.06. The molecule has 0 saturated carbocycles. The lowest BCUT2D eigenvalue weighted by Crippen LogP contribution is -2.36. The van der Waals surface area contributed by atoms with E-state index in [4.69, 9.17) is 9.47 Å². The van der Waals surface area contributed by atoms with Crippen LogP contribution in [-0.4, -0.2) is 43.1 Å². The maximum Gasteiger partial charge on any atom is 0.573 e. The Bertz CT molecular complexity index is 1280. The van der Waals surface area contributed by atoms with E-state index in [0.717, 1.165) is 35.1 Å². The summed E-state index contributed by atoms with van der Waals surface area (Å²) >= 11 is 0. The highest BCUT2D eigenvalue weighted by molar-refractivity contribution is 5.89. The number of anilines is 1. The van der Waals surface area contributed by atoms with Gasteiger partial charge in [0.2, 0.25) is 0 Å². The second-order valence-corrected chi connectivity index (χ2v) is 9.82. The molecule has 0 N–H and O–H groups in total. The lowest BCUT2D eigenvalue weighted by molar-refractivity contribution is -0.274. The lowest BCUT2D eigenvalue weighted by Gasteiger charge is -2.28. The summed E-state index contributed by atoms with van der Waals surface area (Å²) in [7, 11) is 1.07. The van der Waals surface area contributed by atoms with E-state index in [9.17, 15) is 49.1 Å². The van der Waals surface area contributed by atoms with E-state index >= 15 is 0 Å². The van der Waals surface area contributed by atoms with Crippen molar-refractivity contribution in [3.8, 4) is 5.75 Å². The van der Waals surface area contributed by atoms with Crippen LogP contribution in [0.4, 0.5) is 54.8 Å². The van der Waals surface area contributed by atoms with Crippen LogP contribution < -0.4 is 9.64 Å². The number of methoxy groups -OCH3 is 1. The molecule has 2 amide bonds. The highest BCUT2D eigenvalue weighted by Crippen LogP contribution is 2.42. The second kappa shape index (κ2) is 11.8. The van der Waals surface area contributed by atoms with Gasteiger partial charge >= 0.3 is 30.9 Å². The summed E-state index contributed by atoms with van der Waals surface area (Å²) in [6, 6.07) is 2.55. The number of carbonyl (C=O) groups is 2. The third-order valence-electron chi connectivity index (χ3n) is 6.19. The quantitative estimate of drug-likeness (QED) is 0.296. The van der Waals surface area contributed by atoms with Crippen molar-refractivity contribution in [3.63, 3.8) is 0 Å². The second-order valence-electron chi connectivity index (χ2n) is 9.82. The summed E-state index contributed by atoms with van der Waals surface area (Å²) < 4.78 is 133. The van der Waals surface area contributed by atoms with Gasteiger partial charge in [-0.05, 0) is 60.4 Å². The van der Waals surface area contributed by atoms with E-state index in [1.54, 1.807) is 13.8 Å². The zero-order chi connectivity index (χ0) is 31.8. The molecule has 0 radical (unpaired) electrons. The summed E-state index contributed by atoms with van der Waals surface area (Å²) in [5.41, 5.74) is -3.88. The molecular formula is C26H25F9N2O5. The van der Waals surface area contributed by atoms with Gasteiger partial charge in [-0.2, -0.15) is 26.3 Å². The van der Waals surface area contributed by atoms with Gasteiger partial charge in [0.25, 0.3) is 0 Å². The van der Waals surface area contributed by atoms with Crippen LogP contribution in [0.1, 0.15) is 49.1 Å². The molecule has 0 spiro atoms. The zero-order valence-electron chi connectivity index (χ0n) is 22.4. The maximum absolute atomic E-state index is 13.4. The highest BCUT2D eigenvalue weighted by Gasteiger charge is 2.44. The third-order valence-corrected chi connectivity index (χ3v) is 6.19. The van der Waals surface area contributed by atoms with Gasteiger partial charge in [-0.15, -0.1) is 13.2 Å². The monoisotopic (exact) mass is 616 g/mol. The van der Waals surface area contributed by atoms with Gasteiger partial charge in [-0.25, -0.2) is 9.59 Å². The van der Waals surface area contributed by atoms with Crippen LogP contribution in [0.3, 0.4) is 0 Å². The smallest absolute Gasteiger partial charge is 0.452 e. The van der Waals surface area contributed by atoms with Crippen molar-refractivity contribution in [1.29, 1.82) is 0 Å². The Hall–Kier alpha value is -3.85. The minimum atomic E-state index is -5.15. The van der Waals surface area contributed by atoms with Gasteiger partial charge in [-0.3, -0.25) is 9.80 Å². The molecular weight excluding hydrogens is 591 g/mol. The molecule has 1 saturated heterocycles. The Morgan fingerprint density at radius 3 is 2.02 bits per heavy atom. The van der Waals surface area contributed by atoms with Gasteiger partial charge in [0.05, 0.1) is 36.5 Å². The number of amides is 2. The Kier molecular flexibility index (Phi) is 9.17. The van der Waals surface area contributed by atoms with Gasteiger partial charge in [-0.1, -0.05) is 13.8 Å². The molecule has 0 bridgehead atoms. The molecule has 1 fully saturated rings. The van der Waals surface area contributed by atoms with Gasteiger partial charge in [0.15, 0.2) is 0 Å². The average Bonchev–Trinajstić information content (AvgIpc) is 3.13. The van der Waals surface area contributed by atoms with Crippen LogP contribution in [0.25, 0.3) is 0 Å². The molecule has 3 rings (SSSR count). The Morgan fingerprint density at radius 2 is 1.55 bits per heavy atom. The first-order valence-corrected chi connectivity index (χ1v) is 12.2. The van der Waals surface area contributed by atoms with Crippen molar-refractivity contribution in [3.05, 3.63) is 58.7 Å². The Labute approximate surface area is 233 Å². The number of nitrogens with zero attached hydrogens (tertiary/aromatic N) is 2. The summed E-state index contributed by atoms with van der Waals surface area (Å²) in [4.78, 5) is 27.4. The van der Waals surface area contributed by atoms with E-state index < -0.39 is 72.0 Å².